The van der Waals surface area contributed by atoms with Crippen LogP contribution in [0, 0.1) is 0 Å². The van der Waals surface area contributed by atoms with E-state index in [0.717, 1.165) is 0 Å². The van der Waals surface area contributed by atoms with E-state index in [1.807, 2.05) is 20.8 Å². The normalized spacial score (nSPS) is 12.4. The number of carbonyl (C=O) groups is 1. The van der Waals surface area contributed by atoms with Crippen molar-refractivity contribution in [2.75, 3.05) is 7.11 Å². The van der Waals surface area contributed by atoms with Gasteiger partial charge in [0, 0.05) is 5.54 Å². The van der Waals surface area contributed by atoms with Crippen molar-refractivity contribution in [3.05, 3.63) is 24.2 Å². The van der Waals surface area contributed by atoms with Gasteiger partial charge in [-0.1, -0.05) is 5.16 Å². The molecule has 0 fully saturated rings. The Balaban J connectivity index is 2.89. The number of rotatable bonds is 3. The number of hydrogen-bond acceptors (Lipinski definition) is 4. The van der Waals surface area contributed by atoms with E-state index in [-0.39, 0.29) is 17.2 Å². The molecule has 1 amide bonds. The van der Waals surface area contributed by atoms with Crippen molar-refractivity contribution < 1.29 is 14.0 Å². The predicted octanol–water partition coefficient (Wildman–Crippen LogP) is 1.54. The van der Waals surface area contributed by atoms with E-state index < -0.39 is 0 Å². The van der Waals surface area contributed by atoms with Crippen molar-refractivity contribution in [2.45, 2.75) is 26.3 Å². The van der Waals surface area contributed by atoms with E-state index >= 15 is 0 Å². The lowest BCUT2D eigenvalue weighted by atomic mass is 10.1. The Labute approximate surface area is 94.5 Å². The van der Waals surface area contributed by atoms with Crippen LogP contribution < -0.4 is 5.32 Å². The van der Waals surface area contributed by atoms with Gasteiger partial charge in [-0.15, -0.1) is 0 Å². The van der Waals surface area contributed by atoms with E-state index in [1.54, 1.807) is 12.1 Å². The first-order chi connectivity index (χ1) is 7.44. The summed E-state index contributed by atoms with van der Waals surface area (Å²) in [4.78, 5) is 16.5. The largest absolute Gasteiger partial charge is 0.462 e. The molecule has 0 radical (unpaired) electrons. The molecule has 0 atom stereocenters. The maximum atomic E-state index is 11.9. The summed E-state index contributed by atoms with van der Waals surface area (Å²) in [5.41, 5.74) is -0.208. The average Bonchev–Trinajstić information content (AvgIpc) is 2.63. The van der Waals surface area contributed by atoms with Gasteiger partial charge < -0.3 is 14.6 Å². The zero-order chi connectivity index (χ0) is 12.2. The lowest BCUT2D eigenvalue weighted by Crippen LogP contribution is -2.44. The van der Waals surface area contributed by atoms with Gasteiger partial charge in [0.15, 0.2) is 5.76 Å². The Morgan fingerprint density at radius 3 is 2.62 bits per heavy atom. The smallest absolute Gasteiger partial charge is 0.277 e. The number of hydrogen-bond donors (Lipinski definition) is 1. The average molecular weight is 224 g/mol. The monoisotopic (exact) mass is 224 g/mol. The van der Waals surface area contributed by atoms with E-state index in [9.17, 15) is 4.79 Å². The third kappa shape index (κ3) is 3.42. The molecule has 0 bridgehead atoms. The van der Waals surface area contributed by atoms with Crippen LogP contribution in [-0.4, -0.2) is 24.3 Å². The van der Waals surface area contributed by atoms with Gasteiger partial charge >= 0.3 is 0 Å². The quantitative estimate of drug-likeness (QED) is 0.625. The highest BCUT2D eigenvalue weighted by Crippen LogP contribution is 2.06. The number of nitrogens with one attached hydrogen (secondary N) is 1. The number of carbonyl (C=O) groups excluding carboxylic acids is 1. The van der Waals surface area contributed by atoms with E-state index in [4.69, 9.17) is 4.42 Å². The van der Waals surface area contributed by atoms with Crippen LogP contribution in [0.15, 0.2) is 28.0 Å². The highest BCUT2D eigenvalue weighted by Gasteiger charge is 2.22. The molecule has 5 nitrogen and oxygen atoms in total. The van der Waals surface area contributed by atoms with Crippen LogP contribution >= 0.6 is 0 Å². The molecule has 0 aliphatic heterocycles. The molecule has 0 spiro atoms. The summed E-state index contributed by atoms with van der Waals surface area (Å²) in [6.07, 6.45) is 1.48. The first-order valence-electron chi connectivity index (χ1n) is 4.91. The first-order valence-corrected chi connectivity index (χ1v) is 4.91. The maximum Gasteiger partial charge on any atom is 0.277 e. The molecule has 1 heterocycles. The van der Waals surface area contributed by atoms with Gasteiger partial charge in [-0.2, -0.15) is 0 Å². The van der Waals surface area contributed by atoms with Crippen molar-refractivity contribution in [3.8, 4) is 0 Å². The van der Waals surface area contributed by atoms with Crippen molar-refractivity contribution in [1.82, 2.24) is 5.32 Å². The van der Waals surface area contributed by atoms with Crippen LogP contribution in [-0.2, 0) is 9.63 Å². The van der Waals surface area contributed by atoms with Crippen LogP contribution in [0.25, 0.3) is 0 Å². The minimum absolute atomic E-state index is 0.127. The Morgan fingerprint density at radius 1 is 1.50 bits per heavy atom. The molecule has 1 N–H and O–H groups in total. The molecule has 0 aromatic carbocycles. The van der Waals surface area contributed by atoms with Crippen molar-refractivity contribution in [3.63, 3.8) is 0 Å². The van der Waals surface area contributed by atoms with Crippen LogP contribution in [0.1, 0.15) is 26.5 Å². The summed E-state index contributed by atoms with van der Waals surface area (Å²) in [6, 6.07) is 3.34. The standard InChI is InChI=1S/C11H16N2O3/c1-11(2,3)12-10(14)9(13-15-4)8-6-5-7-16-8/h5-7H,1-4H3,(H,12,14)/b13-9-. The number of oxime groups is 1. The van der Waals surface area contributed by atoms with Gasteiger partial charge in [0.05, 0.1) is 6.26 Å². The number of nitrogens with zero attached hydrogens (tertiary/aromatic N) is 1. The van der Waals surface area contributed by atoms with Crippen molar-refractivity contribution in [2.24, 2.45) is 5.16 Å². The van der Waals surface area contributed by atoms with Gasteiger partial charge in [0.2, 0.25) is 5.71 Å². The molecular formula is C11H16N2O3. The molecule has 0 unspecified atom stereocenters. The van der Waals surface area contributed by atoms with E-state index in [1.165, 1.54) is 13.4 Å². The summed E-state index contributed by atoms with van der Waals surface area (Å²) >= 11 is 0. The third-order valence-corrected chi connectivity index (χ3v) is 1.64. The van der Waals surface area contributed by atoms with Crippen LogP contribution in [0.2, 0.25) is 0 Å². The Bertz CT molecular complexity index is 374. The molecule has 1 rings (SSSR count). The molecule has 0 saturated carbocycles. The predicted molar refractivity (Wildman–Crippen MR) is 60.1 cm³/mol. The van der Waals surface area contributed by atoms with E-state index in [2.05, 4.69) is 15.3 Å². The summed E-state index contributed by atoms with van der Waals surface area (Å²) in [5, 5.41) is 6.44. The second kappa shape index (κ2) is 4.83. The summed E-state index contributed by atoms with van der Waals surface area (Å²) in [5.74, 6) is 0.0490. The molecular weight excluding hydrogens is 208 g/mol. The zero-order valence-electron chi connectivity index (χ0n) is 9.90. The molecule has 0 aliphatic rings. The SMILES string of the molecule is CO/N=C(\C(=O)NC(C)(C)C)c1ccco1. The van der Waals surface area contributed by atoms with Gasteiger partial charge in [-0.25, -0.2) is 0 Å². The van der Waals surface area contributed by atoms with Crippen LogP contribution in [0.4, 0.5) is 0 Å². The molecule has 5 heteroatoms. The molecule has 0 saturated heterocycles. The first kappa shape index (κ1) is 12.3. The minimum Gasteiger partial charge on any atom is -0.462 e. The second-order valence-corrected chi connectivity index (χ2v) is 4.30. The van der Waals surface area contributed by atoms with E-state index in [0.29, 0.717) is 5.76 Å². The van der Waals surface area contributed by atoms with Gasteiger partial charge in [0.25, 0.3) is 5.91 Å². The lowest BCUT2D eigenvalue weighted by molar-refractivity contribution is -0.116. The Kier molecular flexibility index (Phi) is 3.71. The maximum absolute atomic E-state index is 11.9. The van der Waals surface area contributed by atoms with Crippen molar-refractivity contribution in [1.29, 1.82) is 0 Å². The molecule has 1 aromatic heterocycles. The lowest BCUT2D eigenvalue weighted by Gasteiger charge is -2.20. The summed E-state index contributed by atoms with van der Waals surface area (Å²) in [6.45, 7) is 5.66. The van der Waals surface area contributed by atoms with Gasteiger partial charge in [-0.05, 0) is 32.9 Å². The fourth-order valence-corrected chi connectivity index (χ4v) is 1.10. The Hall–Kier alpha value is -1.78. The highest BCUT2D eigenvalue weighted by molar-refractivity contribution is 6.44. The van der Waals surface area contributed by atoms with Crippen LogP contribution in [0.5, 0.6) is 0 Å². The molecule has 16 heavy (non-hydrogen) atoms. The highest BCUT2D eigenvalue weighted by atomic mass is 16.6. The molecule has 1 aromatic rings. The topological polar surface area (TPSA) is 63.8 Å². The number of furan rings is 1. The third-order valence-electron chi connectivity index (χ3n) is 1.64. The fourth-order valence-electron chi connectivity index (χ4n) is 1.10. The summed E-state index contributed by atoms with van der Waals surface area (Å²) < 4.78 is 5.11. The van der Waals surface area contributed by atoms with Gasteiger partial charge in [-0.3, -0.25) is 4.79 Å². The minimum atomic E-state index is -0.335. The molecule has 88 valence electrons. The summed E-state index contributed by atoms with van der Waals surface area (Å²) in [7, 11) is 1.38. The number of amides is 1. The van der Waals surface area contributed by atoms with Crippen LogP contribution in [0.3, 0.4) is 0 Å². The second-order valence-electron chi connectivity index (χ2n) is 4.30. The van der Waals surface area contributed by atoms with Crippen molar-refractivity contribution >= 4 is 11.6 Å². The molecule has 0 aliphatic carbocycles. The van der Waals surface area contributed by atoms with Gasteiger partial charge in [0.1, 0.15) is 7.11 Å². The fraction of sp³-hybridized carbons (Fsp3) is 0.455. The Morgan fingerprint density at radius 2 is 2.19 bits per heavy atom. The zero-order valence-corrected chi connectivity index (χ0v) is 9.90.